The van der Waals surface area contributed by atoms with Crippen LogP contribution in [-0.4, -0.2) is 24.0 Å². The normalized spacial score (nSPS) is 17.4. The molecule has 0 amide bonds. The minimum atomic E-state index is -0.787. The quantitative estimate of drug-likeness (QED) is 0.451. The van der Waals surface area contributed by atoms with Gasteiger partial charge in [-0.05, 0) is 81.5 Å². The lowest BCUT2D eigenvalue weighted by Gasteiger charge is -2.43. The maximum absolute atomic E-state index is 12.3. The van der Waals surface area contributed by atoms with Gasteiger partial charge in [0, 0.05) is 17.0 Å². The largest absolute Gasteiger partial charge is 0.513 e. The van der Waals surface area contributed by atoms with Gasteiger partial charge in [-0.1, -0.05) is 42.8 Å². The minimum absolute atomic E-state index is 0.250. The van der Waals surface area contributed by atoms with Crippen LogP contribution in [0.3, 0.4) is 0 Å². The Bertz CT molecular complexity index is 987. The molecule has 1 aliphatic heterocycles. The zero-order valence-corrected chi connectivity index (χ0v) is 19.9. The van der Waals surface area contributed by atoms with Gasteiger partial charge >= 0.3 is 6.16 Å². The molecule has 31 heavy (non-hydrogen) atoms. The van der Waals surface area contributed by atoms with Gasteiger partial charge in [0.1, 0.15) is 11.4 Å². The third kappa shape index (κ3) is 5.31. The monoisotopic (exact) mass is 442 g/mol. The summed E-state index contributed by atoms with van der Waals surface area (Å²) in [5.74, 6) is 0.508. The molecule has 4 nitrogen and oxygen atoms in total. The molecule has 0 N–H and O–H groups in total. The lowest BCUT2D eigenvalue weighted by molar-refractivity contribution is -0.128. The predicted octanol–water partition coefficient (Wildman–Crippen LogP) is 7.43. The number of carbonyl (C=O) groups is 1. The van der Waals surface area contributed by atoms with Gasteiger partial charge in [-0.15, -0.1) is 0 Å². The second kappa shape index (κ2) is 9.05. The smallest absolute Gasteiger partial charge is 0.434 e. The minimum Gasteiger partial charge on any atom is -0.434 e. The summed E-state index contributed by atoms with van der Waals surface area (Å²) in [5.41, 5.74) is 4.18. The first-order valence-electron chi connectivity index (χ1n) is 10.7. The van der Waals surface area contributed by atoms with E-state index in [9.17, 15) is 4.79 Å². The zero-order valence-electron chi connectivity index (χ0n) is 19.2. The highest BCUT2D eigenvalue weighted by atomic mass is 35.5. The summed E-state index contributed by atoms with van der Waals surface area (Å²) in [6, 6.07) is 14.2. The van der Waals surface area contributed by atoms with E-state index >= 15 is 0 Å². The van der Waals surface area contributed by atoms with Gasteiger partial charge in [0.15, 0.2) is 0 Å². The fraction of sp³-hybridized carbons (Fsp3) is 0.423. The summed E-state index contributed by atoms with van der Waals surface area (Å²) >= 11 is 6.07. The molecule has 0 saturated carbocycles. The average molecular weight is 443 g/mol. The van der Waals surface area contributed by atoms with Crippen molar-refractivity contribution in [3.05, 3.63) is 64.4 Å². The summed E-state index contributed by atoms with van der Waals surface area (Å²) in [6.45, 7) is 12.1. The summed E-state index contributed by atoms with van der Waals surface area (Å²) in [4.78, 5) is 12.3. The van der Waals surface area contributed by atoms with Crippen molar-refractivity contribution in [3.8, 4) is 11.1 Å². The Labute approximate surface area is 190 Å². The number of ether oxygens (including phenoxy) is 3. The number of hydrogen-bond acceptors (Lipinski definition) is 4. The Balaban J connectivity index is 2.20. The molecule has 0 radical (unpaired) electrons. The Morgan fingerprint density at radius 1 is 1.03 bits per heavy atom. The van der Waals surface area contributed by atoms with Gasteiger partial charge in [0.2, 0.25) is 0 Å². The molecule has 0 spiro atoms. The molecule has 2 aromatic rings. The maximum Gasteiger partial charge on any atom is 0.513 e. The molecule has 5 heteroatoms. The lowest BCUT2D eigenvalue weighted by Crippen LogP contribution is -2.44. The van der Waals surface area contributed by atoms with Gasteiger partial charge in [-0.2, -0.15) is 0 Å². The van der Waals surface area contributed by atoms with Crippen molar-refractivity contribution in [2.75, 3.05) is 6.61 Å². The van der Waals surface area contributed by atoms with Crippen LogP contribution in [0.5, 0.6) is 0 Å². The van der Waals surface area contributed by atoms with Crippen LogP contribution in [0.15, 0.2) is 48.2 Å². The van der Waals surface area contributed by atoms with E-state index in [1.54, 1.807) is 6.92 Å². The fourth-order valence-corrected chi connectivity index (χ4v) is 4.39. The van der Waals surface area contributed by atoms with Crippen LogP contribution in [-0.2, 0) is 20.6 Å². The Kier molecular flexibility index (Phi) is 6.82. The molecule has 1 heterocycles. The second-order valence-corrected chi connectivity index (χ2v) is 9.31. The van der Waals surface area contributed by atoms with Crippen molar-refractivity contribution < 1.29 is 19.0 Å². The maximum atomic E-state index is 12.3. The molecule has 0 fully saturated rings. The SMILES string of the molecule is CCOC(=O)OC1=C(c2cc(-c3ccc(Cl)cc3)ccc2CC)CC(C)(C)OC1(C)C. The van der Waals surface area contributed by atoms with Crippen LogP contribution in [0, 0.1) is 0 Å². The zero-order chi connectivity index (χ0) is 22.8. The van der Waals surface area contributed by atoms with Crippen LogP contribution in [0.1, 0.15) is 59.1 Å². The molecule has 0 saturated heterocycles. The van der Waals surface area contributed by atoms with Crippen LogP contribution >= 0.6 is 11.6 Å². The Morgan fingerprint density at radius 2 is 1.68 bits per heavy atom. The highest BCUT2D eigenvalue weighted by molar-refractivity contribution is 6.30. The standard InChI is InChI=1S/C26H31ClO4/c1-7-17-9-10-19(18-11-13-20(27)14-12-18)15-21(17)22-16-25(3,4)31-26(5,6)23(22)30-24(28)29-8-2/h9-15H,7-8,16H2,1-6H3. The molecular weight excluding hydrogens is 412 g/mol. The molecule has 166 valence electrons. The van der Waals surface area contributed by atoms with Gasteiger partial charge in [0.25, 0.3) is 0 Å². The lowest BCUT2D eigenvalue weighted by atomic mass is 9.81. The van der Waals surface area contributed by atoms with E-state index in [1.165, 1.54) is 5.56 Å². The van der Waals surface area contributed by atoms with Crippen molar-refractivity contribution in [1.82, 2.24) is 0 Å². The third-order valence-electron chi connectivity index (χ3n) is 5.40. The third-order valence-corrected chi connectivity index (χ3v) is 5.65. The van der Waals surface area contributed by atoms with Crippen LogP contribution in [0.25, 0.3) is 16.7 Å². The highest BCUT2D eigenvalue weighted by Gasteiger charge is 2.43. The number of benzene rings is 2. The van der Waals surface area contributed by atoms with Gasteiger partial charge in [0.05, 0.1) is 12.2 Å². The predicted molar refractivity (Wildman–Crippen MR) is 125 cm³/mol. The summed E-state index contributed by atoms with van der Waals surface area (Å²) < 4.78 is 17.1. The van der Waals surface area contributed by atoms with Crippen LogP contribution in [0.4, 0.5) is 4.79 Å². The van der Waals surface area contributed by atoms with Gasteiger partial charge in [-0.25, -0.2) is 4.79 Å². The fourth-order valence-electron chi connectivity index (χ4n) is 4.26. The first-order valence-corrected chi connectivity index (χ1v) is 11.1. The number of halogens is 1. The molecule has 0 bridgehead atoms. The molecular formula is C26H31ClO4. The molecule has 0 unspecified atom stereocenters. The van der Waals surface area contributed by atoms with Crippen LogP contribution in [0.2, 0.25) is 5.02 Å². The van der Waals surface area contributed by atoms with Crippen molar-refractivity contribution in [2.24, 2.45) is 0 Å². The first kappa shape index (κ1) is 23.4. The molecule has 1 aliphatic rings. The Morgan fingerprint density at radius 3 is 2.29 bits per heavy atom. The topological polar surface area (TPSA) is 44.8 Å². The summed E-state index contributed by atoms with van der Waals surface area (Å²) in [7, 11) is 0. The summed E-state index contributed by atoms with van der Waals surface area (Å²) in [5, 5.41) is 0.704. The van der Waals surface area contributed by atoms with E-state index < -0.39 is 17.4 Å². The number of aryl methyl sites for hydroxylation is 1. The first-order chi connectivity index (χ1) is 14.6. The van der Waals surface area contributed by atoms with Crippen molar-refractivity contribution >= 4 is 23.3 Å². The van der Waals surface area contributed by atoms with Crippen molar-refractivity contribution in [3.63, 3.8) is 0 Å². The molecule has 2 aromatic carbocycles. The van der Waals surface area contributed by atoms with E-state index in [0.29, 0.717) is 17.2 Å². The van der Waals surface area contributed by atoms with Crippen molar-refractivity contribution in [2.45, 2.75) is 65.6 Å². The van der Waals surface area contributed by atoms with E-state index in [2.05, 4.69) is 39.0 Å². The number of hydrogen-bond donors (Lipinski definition) is 0. The van der Waals surface area contributed by atoms with E-state index in [1.807, 2.05) is 38.1 Å². The second-order valence-electron chi connectivity index (χ2n) is 8.87. The van der Waals surface area contributed by atoms with E-state index in [-0.39, 0.29) is 6.61 Å². The molecule has 3 rings (SSSR count). The highest BCUT2D eigenvalue weighted by Crippen LogP contribution is 2.45. The van der Waals surface area contributed by atoms with E-state index in [4.69, 9.17) is 25.8 Å². The average Bonchev–Trinajstić information content (AvgIpc) is 2.69. The van der Waals surface area contributed by atoms with E-state index in [0.717, 1.165) is 28.7 Å². The molecule has 0 aromatic heterocycles. The van der Waals surface area contributed by atoms with Gasteiger partial charge < -0.3 is 14.2 Å². The van der Waals surface area contributed by atoms with Gasteiger partial charge in [-0.3, -0.25) is 0 Å². The number of rotatable bonds is 5. The summed E-state index contributed by atoms with van der Waals surface area (Å²) in [6.07, 6.45) is 0.759. The van der Waals surface area contributed by atoms with Crippen molar-refractivity contribution in [1.29, 1.82) is 0 Å². The van der Waals surface area contributed by atoms with Crippen LogP contribution < -0.4 is 0 Å². The molecule has 0 atom stereocenters. The number of carbonyl (C=O) groups excluding carboxylic acids is 1. The molecule has 0 aliphatic carbocycles. The Hall–Kier alpha value is -2.30.